The molecule has 21 heavy (non-hydrogen) atoms. The second kappa shape index (κ2) is 6.80. The highest BCUT2D eigenvalue weighted by atomic mass is 16.6. The molecule has 1 rings (SSSR count). The van der Waals surface area contributed by atoms with Crippen LogP contribution in [0.25, 0.3) is 0 Å². The molecule has 0 unspecified atom stereocenters. The van der Waals surface area contributed by atoms with Crippen molar-refractivity contribution in [2.75, 3.05) is 0 Å². The number of carbonyl (C=O) groups excluding carboxylic acids is 2. The van der Waals surface area contributed by atoms with Crippen LogP contribution in [-0.2, 0) is 19.1 Å². The summed E-state index contributed by atoms with van der Waals surface area (Å²) in [5, 5.41) is 0. The molecule has 122 valence electrons. The molecule has 0 saturated heterocycles. The number of hydrogen-bond acceptors (Lipinski definition) is 4. The Bertz CT molecular complexity index is 337. The van der Waals surface area contributed by atoms with Gasteiger partial charge in [-0.15, -0.1) is 0 Å². The monoisotopic (exact) mass is 298 g/mol. The van der Waals surface area contributed by atoms with Crippen molar-refractivity contribution in [3.05, 3.63) is 0 Å². The molecule has 0 bridgehead atoms. The Labute approximate surface area is 128 Å². The summed E-state index contributed by atoms with van der Waals surface area (Å²) in [4.78, 5) is 23.2. The van der Waals surface area contributed by atoms with Crippen LogP contribution >= 0.6 is 0 Å². The number of esters is 2. The maximum atomic E-state index is 11.6. The van der Waals surface area contributed by atoms with E-state index in [1.54, 1.807) is 0 Å². The molecule has 4 heteroatoms. The van der Waals surface area contributed by atoms with Crippen molar-refractivity contribution in [2.24, 2.45) is 11.8 Å². The van der Waals surface area contributed by atoms with Crippen LogP contribution in [0, 0.1) is 11.8 Å². The van der Waals surface area contributed by atoms with Crippen LogP contribution < -0.4 is 0 Å². The van der Waals surface area contributed by atoms with Gasteiger partial charge in [-0.2, -0.15) is 0 Å². The highest BCUT2D eigenvalue weighted by molar-refractivity contribution is 5.70. The van der Waals surface area contributed by atoms with E-state index in [4.69, 9.17) is 9.47 Å². The van der Waals surface area contributed by atoms with Crippen LogP contribution in [0.4, 0.5) is 0 Å². The maximum absolute atomic E-state index is 11.6. The molecular weight excluding hydrogens is 268 g/mol. The molecule has 1 saturated carbocycles. The lowest BCUT2D eigenvalue weighted by Gasteiger charge is -2.19. The van der Waals surface area contributed by atoms with Gasteiger partial charge in [0.2, 0.25) is 0 Å². The van der Waals surface area contributed by atoms with Crippen molar-refractivity contribution in [1.29, 1.82) is 0 Å². The fourth-order valence-corrected chi connectivity index (χ4v) is 2.41. The fraction of sp³-hybridized carbons (Fsp3) is 0.882. The second-order valence-electron chi connectivity index (χ2n) is 8.01. The van der Waals surface area contributed by atoms with Gasteiger partial charge >= 0.3 is 11.9 Å². The van der Waals surface area contributed by atoms with Crippen molar-refractivity contribution in [2.45, 2.75) is 84.8 Å². The topological polar surface area (TPSA) is 52.6 Å². The standard InChI is InChI=1S/C17H30O4/c1-16(2,3)20-14(18)9-7-12-11-13(12)8-10-15(19)21-17(4,5)6/h12-13H,7-11H2,1-6H3/t12-,13-/m0/s1. The van der Waals surface area contributed by atoms with Gasteiger partial charge in [-0.1, -0.05) is 0 Å². The quantitative estimate of drug-likeness (QED) is 0.699. The minimum absolute atomic E-state index is 0.125. The van der Waals surface area contributed by atoms with Gasteiger partial charge in [0.05, 0.1) is 0 Å². The molecule has 0 radical (unpaired) electrons. The van der Waals surface area contributed by atoms with Crippen molar-refractivity contribution in [3.63, 3.8) is 0 Å². The molecular formula is C17H30O4. The van der Waals surface area contributed by atoms with Crippen LogP contribution in [0.1, 0.15) is 73.6 Å². The highest BCUT2D eigenvalue weighted by Gasteiger charge is 2.37. The zero-order chi connectivity index (χ0) is 16.3. The van der Waals surface area contributed by atoms with E-state index in [0.29, 0.717) is 24.7 Å². The van der Waals surface area contributed by atoms with Gasteiger partial charge < -0.3 is 9.47 Å². The van der Waals surface area contributed by atoms with Gasteiger partial charge in [0.25, 0.3) is 0 Å². The van der Waals surface area contributed by atoms with Crippen LogP contribution in [0.15, 0.2) is 0 Å². The normalized spacial score (nSPS) is 21.8. The smallest absolute Gasteiger partial charge is 0.306 e. The van der Waals surface area contributed by atoms with E-state index in [9.17, 15) is 9.59 Å². The first-order valence-electron chi connectivity index (χ1n) is 7.90. The Kier molecular flexibility index (Phi) is 5.83. The van der Waals surface area contributed by atoms with Crippen LogP contribution in [-0.4, -0.2) is 23.1 Å². The van der Waals surface area contributed by atoms with E-state index >= 15 is 0 Å². The third kappa shape index (κ3) is 8.74. The predicted molar refractivity (Wildman–Crippen MR) is 81.8 cm³/mol. The Balaban J connectivity index is 2.12. The summed E-state index contributed by atoms with van der Waals surface area (Å²) >= 11 is 0. The van der Waals surface area contributed by atoms with Crippen LogP contribution in [0.5, 0.6) is 0 Å². The Hall–Kier alpha value is -1.06. The SMILES string of the molecule is CC(C)(C)OC(=O)CC[C@H]1C[C@@H]1CCC(=O)OC(C)(C)C. The summed E-state index contributed by atoms with van der Waals surface area (Å²) < 4.78 is 10.6. The first kappa shape index (κ1) is 18.0. The summed E-state index contributed by atoms with van der Waals surface area (Å²) in [6, 6.07) is 0. The molecule has 1 aliphatic rings. The largest absolute Gasteiger partial charge is 0.460 e. The lowest BCUT2D eigenvalue weighted by molar-refractivity contribution is -0.156. The lowest BCUT2D eigenvalue weighted by atomic mass is 10.1. The Morgan fingerprint density at radius 3 is 1.43 bits per heavy atom. The first-order valence-corrected chi connectivity index (χ1v) is 7.90. The summed E-state index contributed by atoms with van der Waals surface area (Å²) in [5.41, 5.74) is -0.812. The molecule has 0 aromatic heterocycles. The van der Waals surface area contributed by atoms with Crippen molar-refractivity contribution in [3.8, 4) is 0 Å². The predicted octanol–water partition coefficient (Wildman–Crippen LogP) is 3.87. The molecule has 0 amide bonds. The molecule has 0 aromatic rings. The average Bonchev–Trinajstić information content (AvgIpc) is 2.97. The minimum atomic E-state index is -0.406. The van der Waals surface area contributed by atoms with E-state index in [-0.39, 0.29) is 11.9 Å². The molecule has 1 fully saturated rings. The van der Waals surface area contributed by atoms with Gasteiger partial charge in [0.1, 0.15) is 11.2 Å². The van der Waals surface area contributed by atoms with E-state index in [1.807, 2.05) is 41.5 Å². The number of ether oxygens (including phenoxy) is 2. The molecule has 0 aliphatic heterocycles. The van der Waals surface area contributed by atoms with Crippen LogP contribution in [0.2, 0.25) is 0 Å². The third-order valence-electron chi connectivity index (χ3n) is 3.35. The molecule has 0 aromatic carbocycles. The number of carbonyl (C=O) groups is 2. The lowest BCUT2D eigenvalue weighted by Crippen LogP contribution is -2.24. The highest BCUT2D eigenvalue weighted by Crippen LogP contribution is 2.45. The molecule has 4 nitrogen and oxygen atoms in total. The fourth-order valence-electron chi connectivity index (χ4n) is 2.41. The van der Waals surface area contributed by atoms with Crippen molar-refractivity contribution < 1.29 is 19.1 Å². The third-order valence-corrected chi connectivity index (χ3v) is 3.35. The summed E-state index contributed by atoms with van der Waals surface area (Å²) in [5.74, 6) is 0.889. The maximum Gasteiger partial charge on any atom is 0.306 e. The van der Waals surface area contributed by atoms with E-state index in [0.717, 1.165) is 19.3 Å². The molecule has 0 spiro atoms. The zero-order valence-electron chi connectivity index (χ0n) is 14.3. The minimum Gasteiger partial charge on any atom is -0.460 e. The molecule has 0 heterocycles. The summed E-state index contributed by atoms with van der Waals surface area (Å²) in [6.07, 6.45) is 3.81. The van der Waals surface area contributed by atoms with Gasteiger partial charge in [0, 0.05) is 12.8 Å². The molecule has 0 N–H and O–H groups in total. The van der Waals surface area contributed by atoms with E-state index in [2.05, 4.69) is 0 Å². The Morgan fingerprint density at radius 2 is 1.14 bits per heavy atom. The van der Waals surface area contributed by atoms with Crippen molar-refractivity contribution >= 4 is 11.9 Å². The summed E-state index contributed by atoms with van der Waals surface area (Å²) in [7, 11) is 0. The van der Waals surface area contributed by atoms with Crippen molar-refractivity contribution in [1.82, 2.24) is 0 Å². The number of hydrogen-bond donors (Lipinski definition) is 0. The average molecular weight is 298 g/mol. The van der Waals surface area contributed by atoms with Gasteiger partial charge in [-0.25, -0.2) is 0 Å². The van der Waals surface area contributed by atoms with E-state index in [1.165, 1.54) is 0 Å². The first-order chi connectivity index (χ1) is 9.46. The van der Waals surface area contributed by atoms with Gasteiger partial charge in [-0.05, 0) is 72.6 Å². The molecule has 2 atom stereocenters. The zero-order valence-corrected chi connectivity index (χ0v) is 14.3. The van der Waals surface area contributed by atoms with Crippen LogP contribution in [0.3, 0.4) is 0 Å². The van der Waals surface area contributed by atoms with Gasteiger partial charge in [0.15, 0.2) is 0 Å². The number of rotatable bonds is 6. The molecule has 1 aliphatic carbocycles. The summed E-state index contributed by atoms with van der Waals surface area (Å²) in [6.45, 7) is 11.3. The van der Waals surface area contributed by atoms with E-state index < -0.39 is 11.2 Å². The van der Waals surface area contributed by atoms with Gasteiger partial charge in [-0.3, -0.25) is 9.59 Å². The second-order valence-corrected chi connectivity index (χ2v) is 8.01. The Morgan fingerprint density at radius 1 is 0.810 bits per heavy atom.